The Morgan fingerprint density at radius 1 is 1.48 bits per heavy atom. The van der Waals surface area contributed by atoms with Gasteiger partial charge in [0.2, 0.25) is 0 Å². The normalized spacial score (nSPS) is 14.8. The minimum atomic E-state index is -2.47. The van der Waals surface area contributed by atoms with Gasteiger partial charge in [-0.25, -0.2) is 13.8 Å². The Hall–Kier alpha value is -1.12. The Labute approximate surface area is 140 Å². The lowest BCUT2D eigenvalue weighted by Crippen LogP contribution is -2.35. The molecule has 0 saturated heterocycles. The van der Waals surface area contributed by atoms with Crippen LogP contribution in [0, 0.1) is 0 Å². The molecule has 2 N–H and O–H groups in total. The van der Waals surface area contributed by atoms with Gasteiger partial charge < -0.3 is 15.4 Å². The number of benzene rings is 1. The second kappa shape index (κ2) is 8.35. The molecule has 0 atom stereocenters. The highest BCUT2D eigenvalue weighted by Crippen LogP contribution is 2.25. The summed E-state index contributed by atoms with van der Waals surface area (Å²) < 4.78 is 29.1. The lowest BCUT2D eigenvalue weighted by molar-refractivity contribution is 0.0818. The summed E-state index contributed by atoms with van der Waals surface area (Å²) in [7, 11) is 1.93. The second-order valence-corrected chi connectivity index (χ2v) is 4.87. The summed E-state index contributed by atoms with van der Waals surface area (Å²) in [6.07, 6.45) is -0.160. The molecule has 0 amide bonds. The number of aliphatic imine (C=N–C) groups is 1. The largest absolute Gasteiger partial charge is 0.488 e. The van der Waals surface area contributed by atoms with Crippen molar-refractivity contribution >= 4 is 29.9 Å². The zero-order chi connectivity index (χ0) is 14.5. The molecule has 0 radical (unpaired) electrons. The highest BCUT2D eigenvalue weighted by atomic mass is 127. The molecule has 1 saturated carbocycles. The van der Waals surface area contributed by atoms with Gasteiger partial charge in [-0.05, 0) is 30.5 Å². The Kier molecular flexibility index (Phi) is 7.13. The molecule has 1 aliphatic carbocycles. The van der Waals surface area contributed by atoms with Gasteiger partial charge in [0.05, 0.1) is 6.54 Å². The first-order chi connectivity index (χ1) is 9.56. The van der Waals surface area contributed by atoms with E-state index in [0.717, 1.165) is 18.4 Å². The number of ether oxygens (including phenoxy) is 1. The number of alkyl halides is 2. The molecule has 7 heteroatoms. The summed E-state index contributed by atoms with van der Waals surface area (Å²) in [6, 6.07) is 7.49. The maximum Gasteiger partial charge on any atom is 0.272 e. The average Bonchev–Trinajstić information content (AvgIpc) is 3.26. The lowest BCUT2D eigenvalue weighted by atomic mass is 10.2. The maximum atomic E-state index is 12.1. The van der Waals surface area contributed by atoms with Crippen LogP contribution in [0.25, 0.3) is 0 Å². The van der Waals surface area contributed by atoms with Crippen molar-refractivity contribution in [1.82, 2.24) is 4.90 Å². The predicted molar refractivity (Wildman–Crippen MR) is 89.5 cm³/mol. The molecule has 0 aromatic heterocycles. The van der Waals surface area contributed by atoms with Crippen molar-refractivity contribution in [2.45, 2.75) is 31.9 Å². The van der Waals surface area contributed by atoms with Crippen LogP contribution in [0.15, 0.2) is 29.3 Å². The molecule has 0 unspecified atom stereocenters. The molecule has 1 aromatic carbocycles. The third-order valence-electron chi connectivity index (χ3n) is 3.15. The Balaban J connectivity index is 0.00000220. The van der Waals surface area contributed by atoms with Crippen LogP contribution in [-0.4, -0.2) is 37.0 Å². The van der Waals surface area contributed by atoms with Crippen molar-refractivity contribution in [3.05, 3.63) is 29.8 Å². The fraction of sp³-hybridized carbons (Fsp3) is 0.500. The van der Waals surface area contributed by atoms with Crippen molar-refractivity contribution in [1.29, 1.82) is 0 Å². The molecular weight excluding hydrogens is 391 g/mol. The monoisotopic (exact) mass is 411 g/mol. The van der Waals surface area contributed by atoms with E-state index in [2.05, 4.69) is 4.99 Å². The first-order valence-corrected chi connectivity index (χ1v) is 6.59. The average molecular weight is 411 g/mol. The molecule has 118 valence electrons. The number of rotatable bonds is 6. The van der Waals surface area contributed by atoms with Crippen LogP contribution in [0.1, 0.15) is 18.4 Å². The molecular formula is C14H20F2IN3O. The highest BCUT2D eigenvalue weighted by Gasteiger charge is 2.27. The van der Waals surface area contributed by atoms with Gasteiger partial charge in [0.15, 0.2) is 5.96 Å². The van der Waals surface area contributed by atoms with Crippen molar-refractivity contribution in [2.75, 3.05) is 13.7 Å². The highest BCUT2D eigenvalue weighted by molar-refractivity contribution is 14.0. The van der Waals surface area contributed by atoms with Crippen LogP contribution in [0.3, 0.4) is 0 Å². The smallest absolute Gasteiger partial charge is 0.272 e. The van der Waals surface area contributed by atoms with Gasteiger partial charge in [-0.3, -0.25) is 0 Å². The zero-order valence-electron chi connectivity index (χ0n) is 11.8. The number of hydrogen-bond donors (Lipinski definition) is 1. The molecule has 0 spiro atoms. The maximum absolute atomic E-state index is 12.1. The van der Waals surface area contributed by atoms with E-state index in [1.54, 1.807) is 18.2 Å². The Morgan fingerprint density at radius 2 is 2.19 bits per heavy atom. The zero-order valence-corrected chi connectivity index (χ0v) is 14.2. The SMILES string of the molecule is CN(C(N)=NCc1cccc(OCC(F)F)c1)C1CC1.I. The second-order valence-electron chi connectivity index (χ2n) is 4.87. The summed E-state index contributed by atoms with van der Waals surface area (Å²) in [5, 5.41) is 0. The van der Waals surface area contributed by atoms with E-state index in [4.69, 9.17) is 10.5 Å². The summed E-state index contributed by atoms with van der Waals surface area (Å²) in [5.74, 6) is 0.929. The standard InChI is InChI=1S/C14H19F2N3O.HI/c1-19(11-5-6-11)14(17)18-8-10-3-2-4-12(7-10)20-9-13(15)16;/h2-4,7,11,13H,5-6,8-9H2,1H3,(H2,17,18);1H. The van der Waals surface area contributed by atoms with Gasteiger partial charge in [-0.1, -0.05) is 12.1 Å². The van der Waals surface area contributed by atoms with Crippen LogP contribution in [0.5, 0.6) is 5.75 Å². The summed E-state index contributed by atoms with van der Waals surface area (Å²) in [5.41, 5.74) is 6.77. The first kappa shape index (κ1) is 17.9. The molecule has 2 rings (SSSR count). The molecule has 0 aliphatic heterocycles. The van der Waals surface area contributed by atoms with Crippen molar-refractivity contribution in [3.8, 4) is 5.75 Å². The minimum Gasteiger partial charge on any atom is -0.488 e. The molecule has 21 heavy (non-hydrogen) atoms. The molecule has 1 fully saturated rings. The number of hydrogen-bond acceptors (Lipinski definition) is 2. The van der Waals surface area contributed by atoms with Crippen LogP contribution in [0.4, 0.5) is 8.78 Å². The molecule has 1 aliphatic rings. The van der Waals surface area contributed by atoms with Gasteiger partial charge in [0.25, 0.3) is 6.43 Å². The summed E-state index contributed by atoms with van der Waals surface area (Å²) in [4.78, 5) is 6.28. The number of guanidine groups is 1. The predicted octanol–water partition coefficient (Wildman–Crippen LogP) is 2.86. The summed E-state index contributed by atoms with van der Waals surface area (Å²) in [6.45, 7) is -0.186. The van der Waals surface area contributed by atoms with E-state index in [-0.39, 0.29) is 24.0 Å². The van der Waals surface area contributed by atoms with Gasteiger partial charge in [0.1, 0.15) is 12.4 Å². The van der Waals surface area contributed by atoms with Gasteiger partial charge in [-0.2, -0.15) is 0 Å². The third-order valence-corrected chi connectivity index (χ3v) is 3.15. The molecule has 0 bridgehead atoms. The van der Waals surface area contributed by atoms with Crippen molar-refractivity contribution in [3.63, 3.8) is 0 Å². The summed E-state index contributed by atoms with van der Waals surface area (Å²) >= 11 is 0. The van der Waals surface area contributed by atoms with E-state index in [9.17, 15) is 8.78 Å². The first-order valence-electron chi connectivity index (χ1n) is 6.59. The van der Waals surface area contributed by atoms with Crippen LogP contribution >= 0.6 is 24.0 Å². The van der Waals surface area contributed by atoms with Gasteiger partial charge in [0, 0.05) is 13.1 Å². The quantitative estimate of drug-likeness (QED) is 0.445. The molecule has 4 nitrogen and oxygen atoms in total. The van der Waals surface area contributed by atoms with Gasteiger partial charge in [-0.15, -0.1) is 24.0 Å². The number of nitrogens with two attached hydrogens (primary N) is 1. The molecule has 1 aromatic rings. The van der Waals surface area contributed by atoms with E-state index in [1.807, 2.05) is 18.0 Å². The fourth-order valence-corrected chi connectivity index (χ4v) is 1.83. The lowest BCUT2D eigenvalue weighted by Gasteiger charge is -2.16. The molecule has 0 heterocycles. The topological polar surface area (TPSA) is 50.8 Å². The van der Waals surface area contributed by atoms with E-state index in [0.29, 0.717) is 24.3 Å². The van der Waals surface area contributed by atoms with Gasteiger partial charge >= 0.3 is 0 Å². The Morgan fingerprint density at radius 3 is 2.81 bits per heavy atom. The Bertz CT molecular complexity index is 481. The minimum absolute atomic E-state index is 0. The van der Waals surface area contributed by atoms with Crippen LogP contribution < -0.4 is 10.5 Å². The van der Waals surface area contributed by atoms with Crippen molar-refractivity contribution < 1.29 is 13.5 Å². The van der Waals surface area contributed by atoms with E-state index < -0.39 is 13.0 Å². The van der Waals surface area contributed by atoms with Crippen LogP contribution in [0.2, 0.25) is 0 Å². The number of nitrogens with zero attached hydrogens (tertiary/aromatic N) is 2. The van der Waals surface area contributed by atoms with Crippen molar-refractivity contribution in [2.24, 2.45) is 10.7 Å². The van der Waals surface area contributed by atoms with E-state index >= 15 is 0 Å². The third kappa shape index (κ3) is 6.03. The van der Waals surface area contributed by atoms with Crippen LogP contribution in [-0.2, 0) is 6.54 Å². The number of halogens is 3. The van der Waals surface area contributed by atoms with E-state index in [1.165, 1.54) is 0 Å². The fourth-order valence-electron chi connectivity index (χ4n) is 1.83.